The normalized spacial score (nSPS) is 16.7. The van der Waals surface area contributed by atoms with Crippen molar-refractivity contribution in [2.45, 2.75) is 13.0 Å². The SMILES string of the molecule is COC(=O)N1CCN(CC(=O)NC(C)c2ccc(Cl)cc2)CC1. The van der Waals surface area contributed by atoms with Gasteiger partial charge in [-0.2, -0.15) is 0 Å². The molecule has 6 nitrogen and oxygen atoms in total. The first-order valence-corrected chi connectivity index (χ1v) is 7.97. The van der Waals surface area contributed by atoms with Crippen LogP contribution < -0.4 is 5.32 Å². The minimum atomic E-state index is -0.314. The molecule has 1 aliphatic heterocycles. The molecule has 1 saturated heterocycles. The van der Waals surface area contributed by atoms with E-state index in [1.807, 2.05) is 36.1 Å². The number of piperazine rings is 1. The Labute approximate surface area is 141 Å². The van der Waals surface area contributed by atoms with Crippen LogP contribution in [0.4, 0.5) is 4.79 Å². The van der Waals surface area contributed by atoms with Crippen molar-refractivity contribution in [1.29, 1.82) is 0 Å². The molecule has 0 spiro atoms. The van der Waals surface area contributed by atoms with E-state index in [9.17, 15) is 9.59 Å². The maximum absolute atomic E-state index is 12.1. The zero-order chi connectivity index (χ0) is 16.8. The van der Waals surface area contributed by atoms with Crippen molar-refractivity contribution in [1.82, 2.24) is 15.1 Å². The van der Waals surface area contributed by atoms with E-state index in [0.29, 0.717) is 37.7 Å². The van der Waals surface area contributed by atoms with Gasteiger partial charge >= 0.3 is 6.09 Å². The maximum Gasteiger partial charge on any atom is 0.409 e. The van der Waals surface area contributed by atoms with Gasteiger partial charge in [-0.15, -0.1) is 0 Å². The van der Waals surface area contributed by atoms with Gasteiger partial charge in [-0.1, -0.05) is 23.7 Å². The first-order chi connectivity index (χ1) is 11.0. The smallest absolute Gasteiger partial charge is 0.409 e. The Morgan fingerprint density at radius 1 is 1.22 bits per heavy atom. The van der Waals surface area contributed by atoms with Crippen LogP contribution in [0.25, 0.3) is 0 Å². The third kappa shape index (κ3) is 5.11. The second-order valence-electron chi connectivity index (χ2n) is 5.57. The van der Waals surface area contributed by atoms with Gasteiger partial charge in [0.1, 0.15) is 0 Å². The molecule has 126 valence electrons. The molecule has 1 fully saturated rings. The Kier molecular flexibility index (Phi) is 6.24. The summed E-state index contributed by atoms with van der Waals surface area (Å²) in [5, 5.41) is 3.66. The molecular formula is C16H22ClN3O3. The number of hydrogen-bond donors (Lipinski definition) is 1. The summed E-state index contributed by atoms with van der Waals surface area (Å²) in [5.74, 6) is -0.0287. The lowest BCUT2D eigenvalue weighted by Crippen LogP contribution is -2.51. The van der Waals surface area contributed by atoms with Crippen LogP contribution in [0.5, 0.6) is 0 Å². The van der Waals surface area contributed by atoms with Crippen molar-refractivity contribution < 1.29 is 14.3 Å². The lowest BCUT2D eigenvalue weighted by atomic mass is 10.1. The molecule has 2 amide bonds. The zero-order valence-corrected chi connectivity index (χ0v) is 14.2. The highest BCUT2D eigenvalue weighted by Crippen LogP contribution is 2.16. The van der Waals surface area contributed by atoms with Gasteiger partial charge in [-0.3, -0.25) is 9.69 Å². The predicted molar refractivity (Wildman–Crippen MR) is 88.4 cm³/mol. The molecule has 0 radical (unpaired) electrons. The number of halogens is 1. The van der Waals surface area contributed by atoms with E-state index in [4.69, 9.17) is 16.3 Å². The molecule has 1 N–H and O–H groups in total. The first-order valence-electron chi connectivity index (χ1n) is 7.59. The zero-order valence-electron chi connectivity index (χ0n) is 13.4. The Balaban J connectivity index is 1.77. The summed E-state index contributed by atoms with van der Waals surface area (Å²) in [5.41, 5.74) is 1.01. The number of rotatable bonds is 4. The van der Waals surface area contributed by atoms with Gasteiger partial charge in [0.15, 0.2) is 0 Å². The fraction of sp³-hybridized carbons (Fsp3) is 0.500. The van der Waals surface area contributed by atoms with Crippen LogP contribution in [0.2, 0.25) is 5.02 Å². The summed E-state index contributed by atoms with van der Waals surface area (Å²) in [6.45, 7) is 4.75. The molecule has 1 heterocycles. The lowest BCUT2D eigenvalue weighted by Gasteiger charge is -2.33. The van der Waals surface area contributed by atoms with E-state index in [0.717, 1.165) is 5.56 Å². The number of ether oxygens (including phenoxy) is 1. The van der Waals surface area contributed by atoms with Crippen molar-refractivity contribution in [2.24, 2.45) is 0 Å². The van der Waals surface area contributed by atoms with Crippen LogP contribution in [-0.2, 0) is 9.53 Å². The maximum atomic E-state index is 12.1. The van der Waals surface area contributed by atoms with Crippen LogP contribution in [0, 0.1) is 0 Å². The summed E-state index contributed by atoms with van der Waals surface area (Å²) in [4.78, 5) is 27.2. The number of nitrogens with zero attached hydrogens (tertiary/aromatic N) is 2. The highest BCUT2D eigenvalue weighted by molar-refractivity contribution is 6.30. The molecule has 0 aliphatic carbocycles. The number of amides is 2. The van der Waals surface area contributed by atoms with E-state index >= 15 is 0 Å². The molecule has 7 heteroatoms. The third-order valence-corrected chi connectivity index (χ3v) is 4.17. The highest BCUT2D eigenvalue weighted by atomic mass is 35.5. The number of benzene rings is 1. The van der Waals surface area contributed by atoms with Gasteiger partial charge in [-0.05, 0) is 24.6 Å². The number of hydrogen-bond acceptors (Lipinski definition) is 4. The van der Waals surface area contributed by atoms with Crippen LogP contribution in [0.1, 0.15) is 18.5 Å². The molecule has 23 heavy (non-hydrogen) atoms. The van der Waals surface area contributed by atoms with Crippen LogP contribution >= 0.6 is 11.6 Å². The fourth-order valence-electron chi connectivity index (χ4n) is 2.54. The van der Waals surface area contributed by atoms with E-state index in [-0.39, 0.29) is 18.0 Å². The summed E-state index contributed by atoms with van der Waals surface area (Å²) >= 11 is 5.86. The lowest BCUT2D eigenvalue weighted by molar-refractivity contribution is -0.123. The predicted octanol–water partition coefficient (Wildman–Crippen LogP) is 1.90. The van der Waals surface area contributed by atoms with E-state index < -0.39 is 0 Å². The van der Waals surface area contributed by atoms with Gasteiger partial charge in [0, 0.05) is 31.2 Å². The monoisotopic (exact) mass is 339 g/mol. The summed E-state index contributed by atoms with van der Waals surface area (Å²) in [6, 6.07) is 7.36. The Bertz CT molecular complexity index is 542. The van der Waals surface area contributed by atoms with Gasteiger partial charge < -0.3 is 15.0 Å². The quantitative estimate of drug-likeness (QED) is 0.910. The fourth-order valence-corrected chi connectivity index (χ4v) is 2.67. The molecule has 1 aliphatic rings. The first kappa shape index (κ1) is 17.6. The van der Waals surface area contributed by atoms with Gasteiger partial charge in [0.25, 0.3) is 0 Å². The number of carbonyl (C=O) groups is 2. The minimum absolute atomic E-state index is 0.0287. The van der Waals surface area contributed by atoms with Crippen molar-refractivity contribution >= 4 is 23.6 Å². The standard InChI is InChI=1S/C16H22ClN3O3/c1-12(13-3-5-14(17)6-4-13)18-15(21)11-19-7-9-20(10-8-19)16(22)23-2/h3-6,12H,7-11H2,1-2H3,(H,18,21). The van der Waals surface area contributed by atoms with Crippen LogP contribution in [0.15, 0.2) is 24.3 Å². The van der Waals surface area contributed by atoms with E-state index in [1.165, 1.54) is 7.11 Å². The second kappa shape index (κ2) is 8.17. The van der Waals surface area contributed by atoms with Crippen LogP contribution in [0.3, 0.4) is 0 Å². The molecule has 2 rings (SSSR count). The molecular weight excluding hydrogens is 318 g/mol. The Morgan fingerprint density at radius 2 is 1.83 bits per heavy atom. The van der Waals surface area contributed by atoms with Crippen molar-refractivity contribution in [3.8, 4) is 0 Å². The van der Waals surface area contributed by atoms with Crippen molar-refractivity contribution in [3.63, 3.8) is 0 Å². The average molecular weight is 340 g/mol. The summed E-state index contributed by atoms with van der Waals surface area (Å²) in [6.07, 6.45) is -0.314. The third-order valence-electron chi connectivity index (χ3n) is 3.92. The number of methoxy groups -OCH3 is 1. The molecule has 0 saturated carbocycles. The van der Waals surface area contributed by atoms with Crippen molar-refractivity contribution in [3.05, 3.63) is 34.9 Å². The van der Waals surface area contributed by atoms with E-state index in [2.05, 4.69) is 5.32 Å². The molecule has 0 aromatic heterocycles. The second-order valence-corrected chi connectivity index (χ2v) is 6.01. The van der Waals surface area contributed by atoms with Gasteiger partial charge in [0.05, 0.1) is 19.7 Å². The number of nitrogens with one attached hydrogen (secondary N) is 1. The van der Waals surface area contributed by atoms with Crippen molar-refractivity contribution in [2.75, 3.05) is 39.8 Å². The summed E-state index contributed by atoms with van der Waals surface area (Å²) in [7, 11) is 1.38. The topological polar surface area (TPSA) is 61.9 Å². The molecule has 1 aromatic rings. The molecule has 1 aromatic carbocycles. The minimum Gasteiger partial charge on any atom is -0.453 e. The average Bonchev–Trinajstić information content (AvgIpc) is 2.55. The molecule has 0 bridgehead atoms. The number of carbonyl (C=O) groups excluding carboxylic acids is 2. The van der Waals surface area contributed by atoms with Gasteiger partial charge in [0.2, 0.25) is 5.91 Å². The van der Waals surface area contributed by atoms with Crippen LogP contribution in [-0.4, -0.2) is 61.6 Å². The van der Waals surface area contributed by atoms with E-state index in [1.54, 1.807) is 4.90 Å². The Hall–Kier alpha value is -1.79. The molecule has 1 unspecified atom stereocenters. The Morgan fingerprint density at radius 3 is 2.39 bits per heavy atom. The highest BCUT2D eigenvalue weighted by Gasteiger charge is 2.23. The molecule has 1 atom stereocenters. The summed E-state index contributed by atoms with van der Waals surface area (Å²) < 4.78 is 4.70. The van der Waals surface area contributed by atoms with Gasteiger partial charge in [-0.25, -0.2) is 4.79 Å². The largest absolute Gasteiger partial charge is 0.453 e.